The van der Waals surface area contributed by atoms with Gasteiger partial charge in [-0.3, -0.25) is 4.79 Å². The summed E-state index contributed by atoms with van der Waals surface area (Å²) in [5, 5.41) is 4.02. The summed E-state index contributed by atoms with van der Waals surface area (Å²) < 4.78 is 14.4. The van der Waals surface area contributed by atoms with Gasteiger partial charge in [-0.25, -0.2) is 9.07 Å². The second kappa shape index (κ2) is 3.06. The molecule has 0 spiro atoms. The zero-order valence-corrected chi connectivity index (χ0v) is 8.05. The predicted octanol–water partition coefficient (Wildman–Crippen LogP) is 1.73. The highest BCUT2D eigenvalue weighted by Gasteiger charge is 2.10. The monoisotopic (exact) mass is 212 g/mol. The van der Waals surface area contributed by atoms with E-state index < -0.39 is 5.82 Å². The molecule has 0 fully saturated rings. The van der Waals surface area contributed by atoms with Crippen molar-refractivity contribution in [2.45, 2.75) is 0 Å². The molecule has 0 aliphatic carbocycles. The molecule has 0 N–H and O–H groups in total. The molecule has 0 aliphatic heterocycles. The third-order valence-corrected chi connectivity index (χ3v) is 2.25. The fourth-order valence-electron chi connectivity index (χ4n) is 1.31. The van der Waals surface area contributed by atoms with Crippen molar-refractivity contribution in [2.75, 3.05) is 0 Å². The zero-order chi connectivity index (χ0) is 10.3. The van der Waals surface area contributed by atoms with Gasteiger partial charge >= 0.3 is 0 Å². The number of benzene rings is 1. The quantitative estimate of drug-likeness (QED) is 0.667. The number of aryl methyl sites for hydroxylation is 1. The first kappa shape index (κ1) is 9.15. The summed E-state index contributed by atoms with van der Waals surface area (Å²) in [6.45, 7) is 0. The highest BCUT2D eigenvalue weighted by Crippen LogP contribution is 2.20. The summed E-state index contributed by atoms with van der Waals surface area (Å²) in [6, 6.07) is 4.24. The molecule has 1 heterocycles. The maximum absolute atomic E-state index is 13.3. The van der Waals surface area contributed by atoms with Crippen LogP contribution < -0.4 is 5.56 Å². The number of aromatic nitrogens is 2. The Morgan fingerprint density at radius 3 is 2.93 bits per heavy atom. The Balaban J connectivity index is 3.10. The number of hydrogen-bond acceptors (Lipinski definition) is 2. The molecule has 1 aromatic heterocycles. The van der Waals surface area contributed by atoms with E-state index in [0.29, 0.717) is 0 Å². The Labute approximate surface area is 83.7 Å². The van der Waals surface area contributed by atoms with E-state index in [1.54, 1.807) is 0 Å². The van der Waals surface area contributed by atoms with Gasteiger partial charge in [0.1, 0.15) is 5.82 Å². The standard InChI is InChI=1S/C9H6ClFN2O/c1-13-9(14)5-3-2-4-6(11)7(5)8(10)12-13/h2-4H,1H3. The van der Waals surface area contributed by atoms with Gasteiger partial charge in [-0.15, -0.1) is 0 Å². The number of halogens is 2. The van der Waals surface area contributed by atoms with E-state index >= 15 is 0 Å². The number of hydrogen-bond donors (Lipinski definition) is 0. The molecule has 1 aromatic carbocycles. The average Bonchev–Trinajstić information content (AvgIpc) is 2.14. The molecule has 0 bridgehead atoms. The maximum Gasteiger partial charge on any atom is 0.274 e. The first-order valence-corrected chi connectivity index (χ1v) is 4.30. The minimum absolute atomic E-state index is 0.000185. The summed E-state index contributed by atoms with van der Waals surface area (Å²) in [6.07, 6.45) is 0. The van der Waals surface area contributed by atoms with E-state index in [1.165, 1.54) is 25.2 Å². The molecule has 2 aromatic rings. The van der Waals surface area contributed by atoms with Crippen LogP contribution >= 0.6 is 11.6 Å². The van der Waals surface area contributed by atoms with Crippen molar-refractivity contribution in [2.24, 2.45) is 7.05 Å². The zero-order valence-electron chi connectivity index (χ0n) is 7.29. The molecule has 0 unspecified atom stereocenters. The minimum atomic E-state index is -0.530. The second-order valence-corrected chi connectivity index (χ2v) is 3.24. The van der Waals surface area contributed by atoms with Gasteiger partial charge in [0.15, 0.2) is 5.15 Å². The van der Waals surface area contributed by atoms with E-state index in [4.69, 9.17) is 11.6 Å². The Bertz CT molecular complexity index is 564. The highest BCUT2D eigenvalue weighted by molar-refractivity contribution is 6.34. The van der Waals surface area contributed by atoms with Gasteiger partial charge in [-0.1, -0.05) is 17.7 Å². The van der Waals surface area contributed by atoms with E-state index in [9.17, 15) is 9.18 Å². The predicted molar refractivity (Wildman–Crippen MR) is 52.0 cm³/mol. The van der Waals surface area contributed by atoms with Crippen LogP contribution in [0.3, 0.4) is 0 Å². The van der Waals surface area contributed by atoms with E-state index in [1.807, 2.05) is 0 Å². The molecule has 5 heteroatoms. The lowest BCUT2D eigenvalue weighted by atomic mass is 10.2. The number of nitrogens with zero attached hydrogens (tertiary/aromatic N) is 2. The van der Waals surface area contributed by atoms with Gasteiger partial charge in [0.05, 0.1) is 10.8 Å². The van der Waals surface area contributed by atoms with Crippen LogP contribution in [0.1, 0.15) is 0 Å². The van der Waals surface area contributed by atoms with Crippen molar-refractivity contribution < 1.29 is 4.39 Å². The third kappa shape index (κ3) is 1.19. The average molecular weight is 213 g/mol. The fraction of sp³-hybridized carbons (Fsp3) is 0.111. The Hall–Kier alpha value is -1.42. The largest absolute Gasteiger partial charge is 0.274 e. The minimum Gasteiger partial charge on any atom is -0.267 e. The van der Waals surface area contributed by atoms with Crippen molar-refractivity contribution in [1.82, 2.24) is 9.78 Å². The molecule has 3 nitrogen and oxygen atoms in total. The summed E-state index contributed by atoms with van der Waals surface area (Å²) >= 11 is 5.73. The van der Waals surface area contributed by atoms with E-state index in [-0.39, 0.29) is 21.5 Å². The summed E-state index contributed by atoms with van der Waals surface area (Å²) in [4.78, 5) is 11.5. The first-order valence-electron chi connectivity index (χ1n) is 3.92. The molecule has 0 atom stereocenters. The lowest BCUT2D eigenvalue weighted by molar-refractivity contribution is 0.636. The topological polar surface area (TPSA) is 34.9 Å². The van der Waals surface area contributed by atoms with Crippen LogP contribution in [-0.4, -0.2) is 9.78 Å². The van der Waals surface area contributed by atoms with Gasteiger partial charge in [-0.05, 0) is 12.1 Å². The Kier molecular flexibility index (Phi) is 2.00. The highest BCUT2D eigenvalue weighted by atomic mass is 35.5. The molecule has 0 amide bonds. The van der Waals surface area contributed by atoms with Gasteiger partial charge in [-0.2, -0.15) is 5.10 Å². The summed E-state index contributed by atoms with van der Waals surface area (Å²) in [7, 11) is 1.47. The van der Waals surface area contributed by atoms with Crippen LogP contribution in [-0.2, 0) is 7.05 Å². The fourth-order valence-corrected chi connectivity index (χ4v) is 1.62. The van der Waals surface area contributed by atoms with Gasteiger partial charge in [0, 0.05) is 7.05 Å². The van der Waals surface area contributed by atoms with Crippen LogP contribution in [0.25, 0.3) is 10.8 Å². The molecule has 0 aliphatic rings. The molecular weight excluding hydrogens is 207 g/mol. The van der Waals surface area contributed by atoms with Crippen molar-refractivity contribution in [3.63, 3.8) is 0 Å². The Morgan fingerprint density at radius 2 is 2.21 bits per heavy atom. The van der Waals surface area contributed by atoms with E-state index in [2.05, 4.69) is 5.10 Å². The summed E-state index contributed by atoms with van der Waals surface area (Å²) in [5.74, 6) is -0.530. The normalized spacial score (nSPS) is 10.8. The number of fused-ring (bicyclic) bond motifs is 1. The van der Waals surface area contributed by atoms with Crippen molar-refractivity contribution in [3.05, 3.63) is 39.5 Å². The molecule has 0 radical (unpaired) electrons. The molecule has 72 valence electrons. The first-order chi connectivity index (χ1) is 6.61. The van der Waals surface area contributed by atoms with Gasteiger partial charge in [0.25, 0.3) is 5.56 Å². The van der Waals surface area contributed by atoms with Crippen molar-refractivity contribution >= 4 is 22.4 Å². The molecule has 0 saturated carbocycles. The van der Waals surface area contributed by atoms with E-state index in [0.717, 1.165) is 4.68 Å². The third-order valence-electron chi connectivity index (χ3n) is 1.98. The van der Waals surface area contributed by atoms with Gasteiger partial charge in [0.2, 0.25) is 0 Å². The van der Waals surface area contributed by atoms with Crippen LogP contribution in [0.4, 0.5) is 4.39 Å². The Morgan fingerprint density at radius 1 is 1.50 bits per heavy atom. The lowest BCUT2D eigenvalue weighted by Crippen LogP contribution is -2.20. The van der Waals surface area contributed by atoms with Crippen LogP contribution in [0, 0.1) is 5.82 Å². The van der Waals surface area contributed by atoms with Crippen LogP contribution in [0.2, 0.25) is 5.15 Å². The smallest absolute Gasteiger partial charge is 0.267 e. The SMILES string of the molecule is Cn1nc(Cl)c2c(F)cccc2c1=O. The van der Waals surface area contributed by atoms with Crippen molar-refractivity contribution in [3.8, 4) is 0 Å². The molecule has 2 rings (SSSR count). The van der Waals surface area contributed by atoms with Crippen molar-refractivity contribution in [1.29, 1.82) is 0 Å². The van der Waals surface area contributed by atoms with Gasteiger partial charge < -0.3 is 0 Å². The molecule has 0 saturated heterocycles. The number of rotatable bonds is 0. The second-order valence-electron chi connectivity index (χ2n) is 2.88. The molecule has 14 heavy (non-hydrogen) atoms. The lowest BCUT2D eigenvalue weighted by Gasteiger charge is -2.02. The van der Waals surface area contributed by atoms with Crippen LogP contribution in [0.15, 0.2) is 23.0 Å². The van der Waals surface area contributed by atoms with Crippen LogP contribution in [0.5, 0.6) is 0 Å². The summed E-state index contributed by atoms with van der Waals surface area (Å²) in [5.41, 5.74) is -0.357. The molecular formula is C9H6ClFN2O. The maximum atomic E-state index is 13.3.